The van der Waals surface area contributed by atoms with E-state index in [2.05, 4.69) is 9.88 Å². The summed E-state index contributed by atoms with van der Waals surface area (Å²) in [6.45, 7) is 3.55. The lowest BCUT2D eigenvalue weighted by Crippen LogP contribution is -2.19. The van der Waals surface area contributed by atoms with Crippen molar-refractivity contribution < 1.29 is 4.74 Å². The Bertz CT molecular complexity index is 896. The van der Waals surface area contributed by atoms with Crippen molar-refractivity contribution in [2.75, 3.05) is 27.2 Å². The van der Waals surface area contributed by atoms with Crippen LogP contribution >= 0.6 is 0 Å². The molecule has 0 aliphatic heterocycles. The fourth-order valence-electron chi connectivity index (χ4n) is 2.67. The first-order chi connectivity index (χ1) is 11.5. The average Bonchev–Trinajstić information content (AvgIpc) is 2.56. The van der Waals surface area contributed by atoms with Gasteiger partial charge in [-0.25, -0.2) is 0 Å². The Morgan fingerprint density at radius 2 is 1.79 bits per heavy atom. The van der Waals surface area contributed by atoms with Gasteiger partial charge in [0.05, 0.1) is 0 Å². The molecule has 3 rings (SSSR count). The van der Waals surface area contributed by atoms with Gasteiger partial charge in [-0.1, -0.05) is 12.1 Å². The molecule has 0 bridgehead atoms. The Morgan fingerprint density at radius 1 is 1.04 bits per heavy atom. The third-order valence-corrected chi connectivity index (χ3v) is 4.08. The molecule has 0 atom stereocenters. The van der Waals surface area contributed by atoms with E-state index in [4.69, 9.17) is 4.74 Å². The smallest absolute Gasteiger partial charge is 0.256 e. The summed E-state index contributed by atoms with van der Waals surface area (Å²) < 4.78 is 5.71. The van der Waals surface area contributed by atoms with Crippen LogP contribution < -0.4 is 10.3 Å². The summed E-state index contributed by atoms with van der Waals surface area (Å²) in [5.41, 5.74) is 2.83. The van der Waals surface area contributed by atoms with Crippen molar-refractivity contribution in [3.05, 3.63) is 64.4 Å². The number of hydrogen-bond acceptors (Lipinski definition) is 3. The number of ether oxygens (including phenoxy) is 1. The van der Waals surface area contributed by atoms with Gasteiger partial charge < -0.3 is 14.6 Å². The summed E-state index contributed by atoms with van der Waals surface area (Å²) in [7, 11) is 4.04. The number of pyridine rings is 1. The first kappa shape index (κ1) is 16.3. The molecular formula is C20H22N2O2. The van der Waals surface area contributed by atoms with Crippen molar-refractivity contribution in [3.63, 3.8) is 0 Å². The van der Waals surface area contributed by atoms with E-state index in [1.54, 1.807) is 0 Å². The van der Waals surface area contributed by atoms with Crippen LogP contribution in [0.2, 0.25) is 0 Å². The molecule has 4 nitrogen and oxygen atoms in total. The molecule has 2 aromatic carbocycles. The average molecular weight is 322 g/mol. The van der Waals surface area contributed by atoms with Crippen LogP contribution in [0.1, 0.15) is 5.56 Å². The molecule has 1 aromatic heterocycles. The maximum Gasteiger partial charge on any atom is 0.256 e. The number of aromatic amines is 1. The van der Waals surface area contributed by atoms with Crippen molar-refractivity contribution in [1.29, 1.82) is 0 Å². The number of rotatable bonds is 5. The van der Waals surface area contributed by atoms with E-state index in [9.17, 15) is 4.79 Å². The monoisotopic (exact) mass is 322 g/mol. The van der Waals surface area contributed by atoms with Gasteiger partial charge in [0, 0.05) is 17.6 Å². The lowest BCUT2D eigenvalue weighted by molar-refractivity contribution is 0.261. The number of H-pyrrole nitrogens is 1. The fourth-order valence-corrected chi connectivity index (χ4v) is 2.67. The number of fused-ring (bicyclic) bond motifs is 1. The minimum atomic E-state index is -0.0579. The molecule has 0 saturated heterocycles. The topological polar surface area (TPSA) is 45.3 Å². The van der Waals surface area contributed by atoms with Crippen molar-refractivity contribution in [3.8, 4) is 17.0 Å². The summed E-state index contributed by atoms with van der Waals surface area (Å²) >= 11 is 0. The summed E-state index contributed by atoms with van der Waals surface area (Å²) in [4.78, 5) is 17.4. The van der Waals surface area contributed by atoms with Crippen molar-refractivity contribution in [2.24, 2.45) is 0 Å². The quantitative estimate of drug-likeness (QED) is 0.782. The van der Waals surface area contributed by atoms with Crippen LogP contribution in [0, 0.1) is 6.92 Å². The molecule has 0 unspecified atom stereocenters. The minimum Gasteiger partial charge on any atom is -0.492 e. The molecule has 3 aromatic rings. The lowest BCUT2D eigenvalue weighted by atomic mass is 10.0. The normalized spacial score (nSPS) is 11.2. The number of nitrogens with zero attached hydrogens (tertiary/aromatic N) is 1. The number of likely N-dealkylation sites (N-methyl/N-ethyl adjacent to an activating group) is 1. The van der Waals surface area contributed by atoms with Crippen LogP contribution in [0.4, 0.5) is 0 Å². The van der Waals surface area contributed by atoms with E-state index < -0.39 is 0 Å². The third-order valence-electron chi connectivity index (χ3n) is 4.08. The summed E-state index contributed by atoms with van der Waals surface area (Å²) in [6.07, 6.45) is 0. The number of nitrogens with one attached hydrogen (secondary N) is 1. The van der Waals surface area contributed by atoms with Crippen LogP contribution in [-0.4, -0.2) is 37.1 Å². The van der Waals surface area contributed by atoms with Gasteiger partial charge in [-0.05, 0) is 73.9 Å². The first-order valence-electron chi connectivity index (χ1n) is 8.05. The zero-order valence-electron chi connectivity index (χ0n) is 14.3. The van der Waals surface area contributed by atoms with Gasteiger partial charge >= 0.3 is 0 Å². The SMILES string of the molecule is Cc1cccc2c(=O)[nH]c(-c3ccc(OCCN(C)C)cc3)cc12. The molecule has 24 heavy (non-hydrogen) atoms. The Balaban J connectivity index is 1.88. The molecule has 0 amide bonds. The van der Waals surface area contributed by atoms with Gasteiger partial charge in [-0.2, -0.15) is 0 Å². The highest BCUT2D eigenvalue weighted by atomic mass is 16.5. The number of hydrogen-bond donors (Lipinski definition) is 1. The maximum absolute atomic E-state index is 12.3. The molecule has 0 saturated carbocycles. The Labute approximate surface area is 141 Å². The Morgan fingerprint density at radius 3 is 2.50 bits per heavy atom. The highest BCUT2D eigenvalue weighted by molar-refractivity contribution is 5.87. The summed E-state index contributed by atoms with van der Waals surface area (Å²) in [6, 6.07) is 15.6. The third kappa shape index (κ3) is 3.49. The highest BCUT2D eigenvalue weighted by Gasteiger charge is 2.06. The molecule has 1 N–H and O–H groups in total. The van der Waals surface area contributed by atoms with E-state index in [0.29, 0.717) is 6.61 Å². The molecule has 0 aliphatic carbocycles. The molecule has 0 fully saturated rings. The van der Waals surface area contributed by atoms with Crippen molar-refractivity contribution >= 4 is 10.8 Å². The standard InChI is InChI=1S/C20H22N2O2/c1-14-5-4-6-17-18(14)13-19(21-20(17)23)15-7-9-16(10-8-15)24-12-11-22(2)3/h4-10,13H,11-12H2,1-3H3,(H,21,23). The van der Waals surface area contributed by atoms with Gasteiger partial charge in [0.1, 0.15) is 12.4 Å². The number of benzene rings is 2. The number of aryl methyl sites for hydroxylation is 1. The maximum atomic E-state index is 12.3. The zero-order chi connectivity index (χ0) is 17.1. The van der Waals surface area contributed by atoms with Crippen LogP contribution in [0.5, 0.6) is 5.75 Å². The van der Waals surface area contributed by atoms with Crippen LogP contribution in [0.25, 0.3) is 22.0 Å². The Kier molecular flexibility index (Phi) is 4.67. The Hall–Kier alpha value is -2.59. The second-order valence-electron chi connectivity index (χ2n) is 6.22. The van der Waals surface area contributed by atoms with Crippen LogP contribution in [0.15, 0.2) is 53.3 Å². The molecule has 124 valence electrons. The highest BCUT2D eigenvalue weighted by Crippen LogP contribution is 2.24. The zero-order valence-corrected chi connectivity index (χ0v) is 14.3. The van der Waals surface area contributed by atoms with Gasteiger partial charge in [-0.15, -0.1) is 0 Å². The number of aromatic nitrogens is 1. The van der Waals surface area contributed by atoms with Gasteiger partial charge in [0.2, 0.25) is 0 Å². The van der Waals surface area contributed by atoms with Crippen molar-refractivity contribution in [2.45, 2.75) is 6.92 Å². The van der Waals surface area contributed by atoms with Gasteiger partial charge in [-0.3, -0.25) is 4.79 Å². The second-order valence-corrected chi connectivity index (χ2v) is 6.22. The first-order valence-corrected chi connectivity index (χ1v) is 8.05. The fraction of sp³-hybridized carbons (Fsp3) is 0.250. The van der Waals surface area contributed by atoms with E-state index >= 15 is 0 Å². The van der Waals surface area contributed by atoms with E-state index in [1.165, 1.54) is 0 Å². The lowest BCUT2D eigenvalue weighted by Gasteiger charge is -2.11. The van der Waals surface area contributed by atoms with E-state index in [-0.39, 0.29) is 5.56 Å². The van der Waals surface area contributed by atoms with Gasteiger partial charge in [0.15, 0.2) is 0 Å². The van der Waals surface area contributed by atoms with E-state index in [0.717, 1.165) is 39.9 Å². The molecule has 4 heteroatoms. The summed E-state index contributed by atoms with van der Waals surface area (Å²) in [5, 5.41) is 1.71. The minimum absolute atomic E-state index is 0.0579. The molecule has 0 radical (unpaired) electrons. The molecule has 0 aliphatic rings. The summed E-state index contributed by atoms with van der Waals surface area (Å²) in [5.74, 6) is 0.833. The largest absolute Gasteiger partial charge is 0.492 e. The molecule has 1 heterocycles. The molecule has 0 spiro atoms. The van der Waals surface area contributed by atoms with Crippen LogP contribution in [0.3, 0.4) is 0 Å². The molecular weight excluding hydrogens is 300 g/mol. The van der Waals surface area contributed by atoms with Crippen LogP contribution in [-0.2, 0) is 0 Å². The predicted molar refractivity (Wildman–Crippen MR) is 98.8 cm³/mol. The van der Waals surface area contributed by atoms with E-state index in [1.807, 2.05) is 69.6 Å². The van der Waals surface area contributed by atoms with Crippen molar-refractivity contribution in [1.82, 2.24) is 9.88 Å². The predicted octanol–water partition coefficient (Wildman–Crippen LogP) is 3.44. The second kappa shape index (κ2) is 6.89. The van der Waals surface area contributed by atoms with Gasteiger partial charge in [0.25, 0.3) is 5.56 Å².